The van der Waals surface area contributed by atoms with Gasteiger partial charge in [-0.05, 0) is 180 Å². The molecule has 4 amide bonds. The molecule has 6 saturated heterocycles. The van der Waals surface area contributed by atoms with Crippen molar-refractivity contribution in [3.63, 3.8) is 0 Å². The lowest BCUT2D eigenvalue weighted by Gasteiger charge is -2.37. The van der Waals surface area contributed by atoms with Gasteiger partial charge >= 0.3 is 18.0 Å². The van der Waals surface area contributed by atoms with Crippen LogP contribution in [0.25, 0.3) is 38.9 Å². The Labute approximate surface area is 705 Å². The van der Waals surface area contributed by atoms with Gasteiger partial charge in [0.1, 0.15) is 24.1 Å². The van der Waals surface area contributed by atoms with Crippen molar-refractivity contribution < 1.29 is 33.4 Å². The molecule has 121 heavy (non-hydrogen) atoms. The first-order chi connectivity index (χ1) is 58.5. The number of benzene rings is 3. The lowest BCUT2D eigenvalue weighted by molar-refractivity contribution is -0.137. The highest BCUT2D eigenvalue weighted by molar-refractivity contribution is 5.96. The number of aromatic nitrogens is 15. The number of nitrogens with zero attached hydrogens (tertiary/aromatic N) is 19. The Balaban J connectivity index is 0.000000141. The second-order valence-corrected chi connectivity index (χ2v) is 34.0. The number of aromatic amines is 2. The first kappa shape index (κ1) is 84.1. The number of hydrogen-bond acceptors (Lipinski definition) is 23. The highest BCUT2D eigenvalue weighted by atomic mass is 16.5. The summed E-state index contributed by atoms with van der Waals surface area (Å²) >= 11 is 0. The molecule has 32 heteroatoms. The van der Waals surface area contributed by atoms with E-state index in [1.807, 2.05) is 58.7 Å². The van der Waals surface area contributed by atoms with E-state index >= 15 is 0 Å². The fourth-order valence-electron chi connectivity index (χ4n) is 16.6. The summed E-state index contributed by atoms with van der Waals surface area (Å²) in [6.45, 7) is 34.9. The van der Waals surface area contributed by atoms with Crippen LogP contribution in [0, 0.1) is 5.92 Å². The Bertz CT molecular complexity index is 5290. The highest BCUT2D eigenvalue weighted by Gasteiger charge is 2.36. The molecule has 0 radical (unpaired) electrons. The van der Waals surface area contributed by atoms with E-state index in [1.165, 1.54) is 29.3 Å². The predicted octanol–water partition coefficient (Wildman–Crippen LogP) is 11.7. The van der Waals surface area contributed by atoms with Crippen molar-refractivity contribution in [3.8, 4) is 18.0 Å². The SMILES string of the molecule is C=CC(=O)N1CC(C(=O)Nc2cccc(CNc3nc(OC4CCN(C)CC4)nc4c(C(C)C)cnn34)c2)C1.C=CC(=O)N1CCCC(c2cc3ccc(CNc4nc(OC5CCN(C)CC5)nc5c(C(C)C)cnn45)cc3[nH]2)C1.C=CC(=O)N1CCCC(c2nc3ccc(CNc4nc(OC5CCN(C)CC5)nc5c(C(C)C)cnn45)cc3[nH]2)C1. The molecule has 6 fully saturated rings. The Morgan fingerprint density at radius 2 is 0.884 bits per heavy atom. The number of likely N-dealkylation sites (tertiary alicyclic amines) is 6. The van der Waals surface area contributed by atoms with Crippen LogP contribution in [0.5, 0.6) is 18.0 Å². The number of hydrogen-bond donors (Lipinski definition) is 6. The van der Waals surface area contributed by atoms with E-state index in [2.05, 4.69) is 185 Å². The monoisotopic (exact) mass is 1650 g/mol. The van der Waals surface area contributed by atoms with E-state index in [9.17, 15) is 19.2 Å². The number of carbonyl (C=O) groups is 4. The van der Waals surface area contributed by atoms with Gasteiger partial charge in [0, 0.05) is 144 Å². The third kappa shape index (κ3) is 20.1. The molecule has 6 N–H and O–H groups in total. The topological polar surface area (TPSA) is 337 Å². The summed E-state index contributed by atoms with van der Waals surface area (Å²) in [4.78, 5) is 101. The van der Waals surface area contributed by atoms with Gasteiger partial charge in [0.2, 0.25) is 41.5 Å². The smallest absolute Gasteiger partial charge is 0.322 e. The van der Waals surface area contributed by atoms with Gasteiger partial charge in [0.25, 0.3) is 0 Å². The maximum absolute atomic E-state index is 12.6. The summed E-state index contributed by atoms with van der Waals surface area (Å²) in [7, 11) is 6.40. The number of rotatable bonds is 25. The second-order valence-electron chi connectivity index (χ2n) is 34.0. The zero-order valence-corrected chi connectivity index (χ0v) is 71.2. The molecular weight excluding hydrogens is 1530 g/mol. The Morgan fingerprint density at radius 3 is 1.34 bits per heavy atom. The zero-order valence-electron chi connectivity index (χ0n) is 71.2. The quantitative estimate of drug-likeness (QED) is 0.0290. The van der Waals surface area contributed by atoms with Crippen molar-refractivity contribution in [1.82, 2.24) is 103 Å². The summed E-state index contributed by atoms with van der Waals surface area (Å²) in [6, 6.07) is 23.7. The van der Waals surface area contributed by atoms with Crippen LogP contribution in [-0.4, -0.2) is 245 Å². The van der Waals surface area contributed by atoms with Gasteiger partial charge in [-0.3, -0.25) is 19.2 Å². The maximum atomic E-state index is 12.6. The van der Waals surface area contributed by atoms with Crippen LogP contribution >= 0.6 is 0 Å². The second kappa shape index (κ2) is 37.8. The molecule has 0 spiro atoms. The lowest BCUT2D eigenvalue weighted by Crippen LogP contribution is -2.53. The van der Waals surface area contributed by atoms with E-state index in [0.29, 0.717) is 86.8 Å². The average Bonchev–Trinajstić information content (AvgIpc) is 1.65. The van der Waals surface area contributed by atoms with Crippen LogP contribution in [0.4, 0.5) is 23.5 Å². The van der Waals surface area contributed by atoms with Gasteiger partial charge in [0.05, 0.1) is 35.5 Å². The minimum atomic E-state index is -0.220. The summed E-state index contributed by atoms with van der Waals surface area (Å²) in [5, 5.41) is 28.2. The number of H-pyrrole nitrogens is 2. The fourth-order valence-corrected chi connectivity index (χ4v) is 16.6. The van der Waals surface area contributed by atoms with Crippen LogP contribution in [0.3, 0.4) is 0 Å². The lowest BCUT2D eigenvalue weighted by atomic mass is 9.94. The van der Waals surface area contributed by atoms with E-state index in [1.54, 1.807) is 18.4 Å². The maximum Gasteiger partial charge on any atom is 0.322 e. The molecule has 2 unspecified atom stereocenters. The molecule has 17 rings (SSSR count). The van der Waals surface area contributed by atoms with Crippen LogP contribution < -0.4 is 35.5 Å². The van der Waals surface area contributed by atoms with E-state index in [-0.39, 0.29) is 71.5 Å². The standard InChI is InChI=1S/C31H40N8O2.C30H39N9O2.C28H36N8O3/c1-5-28(40)38-12-6-7-23(19-38)27-16-22-9-8-21(15-26(22)34-27)17-32-30-36-31(41-24-10-13-37(4)14-11-24)35-29-25(20(2)3)18-33-39(29)30;1-5-26(40)38-12-6-7-21(18-38)27-33-24-9-8-20(15-25(24)34-27)16-31-29-36-30(41-22-10-13-37(4)14-11-22)35-28-23(19(2)3)17-32-39(28)29;1-5-24(37)35-16-20(17-35)26(38)31-21-8-6-7-19(13-21)14-29-27-33-28(39-22-9-11-34(4)12-10-22)32-25-23(18(2)3)15-30-36(25)27/h5,8-9,15-16,18,20,23-24,34H,1,6-7,10-14,17,19H2,2-4H3,(H,32,35,36);5,8-9,15,17,19,21-22H,1,6-7,10-14,16,18H2,2-4H3,(H,33,34)(H,31,35,36);5-8,13,15,18,20,22H,1,9-12,14,16-17H2,2-4H3,(H,31,38)(H,29,32,33). The molecule has 2 atom stereocenters. The van der Waals surface area contributed by atoms with E-state index < -0.39 is 0 Å². The van der Waals surface area contributed by atoms with Crippen molar-refractivity contribution in [2.75, 3.05) is 121 Å². The third-order valence-corrected chi connectivity index (χ3v) is 24.0. The van der Waals surface area contributed by atoms with Crippen LogP contribution in [-0.2, 0) is 38.8 Å². The molecule has 6 aliphatic rings. The number of amides is 4. The Hall–Kier alpha value is -11.9. The summed E-state index contributed by atoms with van der Waals surface area (Å²) in [6.07, 6.45) is 19.7. The number of imidazole rings is 1. The number of piperidine rings is 5. The summed E-state index contributed by atoms with van der Waals surface area (Å²) in [5.41, 5.74) is 13.5. The van der Waals surface area contributed by atoms with Gasteiger partial charge in [-0.1, -0.05) is 91.6 Å². The predicted molar refractivity (Wildman–Crippen MR) is 467 cm³/mol. The van der Waals surface area contributed by atoms with Gasteiger partial charge in [0.15, 0.2) is 16.9 Å². The Kier molecular flexibility index (Phi) is 26.3. The van der Waals surface area contributed by atoms with Crippen molar-refractivity contribution in [2.45, 2.75) is 173 Å². The van der Waals surface area contributed by atoms with Crippen molar-refractivity contribution in [3.05, 3.63) is 168 Å². The largest absolute Gasteiger partial charge is 0.460 e. The normalized spacial score (nSPS) is 18.2. The van der Waals surface area contributed by atoms with Crippen molar-refractivity contribution in [2.24, 2.45) is 5.92 Å². The first-order valence-electron chi connectivity index (χ1n) is 42.8. The summed E-state index contributed by atoms with van der Waals surface area (Å²) < 4.78 is 24.1. The summed E-state index contributed by atoms with van der Waals surface area (Å²) in [5.74, 6) is 3.51. The van der Waals surface area contributed by atoms with Crippen molar-refractivity contribution >= 4 is 86.0 Å². The first-order valence-corrected chi connectivity index (χ1v) is 42.8. The van der Waals surface area contributed by atoms with Gasteiger partial charge in [-0.15, -0.1) is 0 Å². The Morgan fingerprint density at radius 1 is 0.463 bits per heavy atom. The molecule has 0 saturated carbocycles. The molecule has 0 bridgehead atoms. The number of fused-ring (bicyclic) bond motifs is 5. The van der Waals surface area contributed by atoms with Crippen LogP contribution in [0.15, 0.2) is 123 Å². The fraction of sp³-hybridized carbons (Fsp3) is 0.483. The van der Waals surface area contributed by atoms with E-state index in [0.717, 1.165) is 196 Å². The molecule has 0 aliphatic carbocycles. The highest BCUT2D eigenvalue weighted by Crippen LogP contribution is 2.34. The molecule has 8 aromatic heterocycles. The third-order valence-electron chi connectivity index (χ3n) is 24.0. The molecule has 11 aromatic rings. The molecule has 638 valence electrons. The van der Waals surface area contributed by atoms with Gasteiger partial charge < -0.3 is 74.8 Å². The van der Waals surface area contributed by atoms with E-state index in [4.69, 9.17) is 44.1 Å². The molecule has 32 nitrogen and oxygen atoms in total. The minimum Gasteiger partial charge on any atom is -0.460 e. The minimum absolute atomic E-state index is 0.00982. The zero-order chi connectivity index (χ0) is 84.5. The van der Waals surface area contributed by atoms with Crippen molar-refractivity contribution in [1.29, 1.82) is 0 Å². The number of ether oxygens (including phenoxy) is 3. The molecule has 14 heterocycles. The average molecular weight is 1650 g/mol. The number of carbonyl (C=O) groups excluding carboxylic acids is 4. The number of anilines is 4. The number of nitrogens with one attached hydrogen (secondary N) is 6. The van der Waals surface area contributed by atoms with Crippen LogP contribution in [0.2, 0.25) is 0 Å². The molecule has 3 aromatic carbocycles. The molecular formula is C89H115N25O7. The van der Waals surface area contributed by atoms with Gasteiger partial charge in [-0.25, -0.2) is 4.98 Å². The molecule has 6 aliphatic heterocycles. The van der Waals surface area contributed by atoms with Gasteiger partial charge in [-0.2, -0.15) is 58.7 Å². The van der Waals surface area contributed by atoms with Crippen LogP contribution in [0.1, 0.15) is 180 Å².